The van der Waals surface area contributed by atoms with Gasteiger partial charge in [0.1, 0.15) is 11.6 Å². The molecule has 2 N–H and O–H groups in total. The van der Waals surface area contributed by atoms with Crippen LogP contribution >= 0.6 is 15.9 Å². The smallest absolute Gasteiger partial charge is 0.228 e. The molecule has 0 radical (unpaired) electrons. The van der Waals surface area contributed by atoms with Crippen LogP contribution in [0.2, 0.25) is 0 Å². The molecule has 2 aromatic carbocycles. The Bertz CT molecular complexity index is 616. The topological polar surface area (TPSA) is 49.3 Å². The number of anilines is 1. The number of aromatic hydroxyl groups is 1. The minimum atomic E-state index is -0.435. The van der Waals surface area contributed by atoms with Crippen LogP contribution in [0, 0.1) is 5.82 Å². The summed E-state index contributed by atoms with van der Waals surface area (Å²) >= 11 is 3.04. The van der Waals surface area contributed by atoms with Gasteiger partial charge in [0, 0.05) is 5.69 Å². The zero-order valence-corrected chi connectivity index (χ0v) is 11.4. The van der Waals surface area contributed by atoms with Crippen LogP contribution in [-0.4, -0.2) is 11.0 Å². The Kier molecular flexibility index (Phi) is 4.16. The molecule has 1 amide bonds. The van der Waals surface area contributed by atoms with Crippen molar-refractivity contribution in [2.75, 3.05) is 5.32 Å². The van der Waals surface area contributed by atoms with E-state index in [0.29, 0.717) is 15.7 Å². The van der Waals surface area contributed by atoms with E-state index in [2.05, 4.69) is 21.2 Å². The summed E-state index contributed by atoms with van der Waals surface area (Å²) in [4.78, 5) is 11.8. The first-order valence-corrected chi connectivity index (χ1v) is 6.37. The maximum absolute atomic E-state index is 13.3. The summed E-state index contributed by atoms with van der Waals surface area (Å²) in [7, 11) is 0. The SMILES string of the molecule is O=C(Cc1cccc(O)c1)Nc1ccc(Br)c(F)c1. The number of benzene rings is 2. The number of phenols is 1. The van der Waals surface area contributed by atoms with Crippen LogP contribution in [-0.2, 0) is 11.2 Å². The van der Waals surface area contributed by atoms with E-state index >= 15 is 0 Å². The quantitative estimate of drug-likeness (QED) is 0.908. The summed E-state index contributed by atoms with van der Waals surface area (Å²) < 4.78 is 13.6. The summed E-state index contributed by atoms with van der Waals surface area (Å²) in [5, 5.41) is 11.9. The molecule has 0 aliphatic heterocycles. The molecule has 0 saturated carbocycles. The predicted molar refractivity (Wildman–Crippen MR) is 74.5 cm³/mol. The number of hydrogen-bond acceptors (Lipinski definition) is 2. The molecule has 0 atom stereocenters. The van der Waals surface area contributed by atoms with Crippen molar-refractivity contribution >= 4 is 27.5 Å². The number of hydrogen-bond donors (Lipinski definition) is 2. The van der Waals surface area contributed by atoms with E-state index in [1.165, 1.54) is 24.3 Å². The molecule has 2 rings (SSSR count). The van der Waals surface area contributed by atoms with E-state index in [-0.39, 0.29) is 18.1 Å². The third-order valence-corrected chi connectivity index (χ3v) is 3.12. The Morgan fingerprint density at radius 1 is 1.26 bits per heavy atom. The first-order chi connectivity index (χ1) is 9.04. The third kappa shape index (κ3) is 3.79. The van der Waals surface area contributed by atoms with Gasteiger partial charge >= 0.3 is 0 Å². The largest absolute Gasteiger partial charge is 0.508 e. The van der Waals surface area contributed by atoms with Gasteiger partial charge in [-0.3, -0.25) is 4.79 Å². The molecule has 0 aromatic heterocycles. The van der Waals surface area contributed by atoms with Crippen molar-refractivity contribution in [1.82, 2.24) is 0 Å². The molecule has 3 nitrogen and oxygen atoms in total. The number of phenolic OH excluding ortho intramolecular Hbond substituents is 1. The zero-order valence-electron chi connectivity index (χ0n) is 9.86. The minimum Gasteiger partial charge on any atom is -0.508 e. The predicted octanol–water partition coefficient (Wildman–Crippen LogP) is 3.48. The Morgan fingerprint density at radius 2 is 2.05 bits per heavy atom. The summed E-state index contributed by atoms with van der Waals surface area (Å²) in [6.45, 7) is 0. The number of nitrogens with one attached hydrogen (secondary N) is 1. The van der Waals surface area contributed by atoms with Gasteiger partial charge in [-0.2, -0.15) is 0 Å². The molecule has 0 aliphatic carbocycles. The van der Waals surface area contributed by atoms with Crippen molar-refractivity contribution in [3.8, 4) is 5.75 Å². The lowest BCUT2D eigenvalue weighted by atomic mass is 10.1. The monoisotopic (exact) mass is 323 g/mol. The van der Waals surface area contributed by atoms with E-state index in [4.69, 9.17) is 0 Å². The Balaban J connectivity index is 2.03. The molecule has 0 spiro atoms. The lowest BCUT2D eigenvalue weighted by molar-refractivity contribution is -0.115. The minimum absolute atomic E-state index is 0.111. The summed E-state index contributed by atoms with van der Waals surface area (Å²) in [5.74, 6) is -0.595. The van der Waals surface area contributed by atoms with E-state index < -0.39 is 5.82 Å². The molecule has 0 fully saturated rings. The fraction of sp³-hybridized carbons (Fsp3) is 0.0714. The van der Waals surface area contributed by atoms with Gasteiger partial charge in [0.2, 0.25) is 5.91 Å². The molecule has 5 heteroatoms. The van der Waals surface area contributed by atoms with Crippen LogP contribution in [0.1, 0.15) is 5.56 Å². The average molecular weight is 324 g/mol. The van der Waals surface area contributed by atoms with Gasteiger partial charge in [0.05, 0.1) is 10.9 Å². The van der Waals surface area contributed by atoms with Crippen molar-refractivity contribution in [3.63, 3.8) is 0 Å². The molecule has 0 heterocycles. The molecule has 98 valence electrons. The van der Waals surface area contributed by atoms with Crippen molar-refractivity contribution in [1.29, 1.82) is 0 Å². The highest BCUT2D eigenvalue weighted by Gasteiger charge is 2.06. The molecule has 0 bridgehead atoms. The van der Waals surface area contributed by atoms with Crippen molar-refractivity contribution < 1.29 is 14.3 Å². The van der Waals surface area contributed by atoms with Gasteiger partial charge in [-0.15, -0.1) is 0 Å². The van der Waals surface area contributed by atoms with Crippen molar-refractivity contribution in [3.05, 3.63) is 58.3 Å². The van der Waals surface area contributed by atoms with Crippen molar-refractivity contribution in [2.45, 2.75) is 6.42 Å². The number of carbonyl (C=O) groups excluding carboxylic acids is 1. The van der Waals surface area contributed by atoms with E-state index in [1.807, 2.05) is 0 Å². The van der Waals surface area contributed by atoms with Gasteiger partial charge < -0.3 is 10.4 Å². The fourth-order valence-electron chi connectivity index (χ4n) is 1.63. The molecular formula is C14H11BrFNO2. The summed E-state index contributed by atoms with van der Waals surface area (Å²) in [5.41, 5.74) is 1.08. The fourth-order valence-corrected chi connectivity index (χ4v) is 1.88. The van der Waals surface area contributed by atoms with Gasteiger partial charge in [0.25, 0.3) is 0 Å². The van der Waals surface area contributed by atoms with Crippen LogP contribution in [0.5, 0.6) is 5.75 Å². The Morgan fingerprint density at radius 3 is 2.74 bits per heavy atom. The molecule has 19 heavy (non-hydrogen) atoms. The van der Waals surface area contributed by atoms with E-state index in [0.717, 1.165) is 0 Å². The second-order valence-electron chi connectivity index (χ2n) is 4.02. The summed E-state index contributed by atoms with van der Waals surface area (Å²) in [6.07, 6.45) is 0.117. The number of rotatable bonds is 3. The van der Waals surface area contributed by atoms with Gasteiger partial charge in [-0.25, -0.2) is 4.39 Å². The standard InChI is InChI=1S/C14H11BrFNO2/c15-12-5-4-10(8-13(12)16)17-14(19)7-9-2-1-3-11(18)6-9/h1-6,8,18H,7H2,(H,17,19). The molecule has 0 aliphatic rings. The van der Waals surface area contributed by atoms with Crippen molar-refractivity contribution in [2.24, 2.45) is 0 Å². The van der Waals surface area contributed by atoms with Gasteiger partial charge in [-0.05, 0) is 51.8 Å². The molecule has 0 unspecified atom stereocenters. The molecular weight excluding hydrogens is 313 g/mol. The highest BCUT2D eigenvalue weighted by atomic mass is 79.9. The molecule has 2 aromatic rings. The lowest BCUT2D eigenvalue weighted by Crippen LogP contribution is -2.14. The van der Waals surface area contributed by atoms with E-state index in [1.54, 1.807) is 18.2 Å². The van der Waals surface area contributed by atoms with Crippen LogP contribution in [0.15, 0.2) is 46.9 Å². The average Bonchev–Trinajstić information content (AvgIpc) is 2.34. The Hall–Kier alpha value is -1.88. The zero-order chi connectivity index (χ0) is 13.8. The van der Waals surface area contributed by atoms with Gasteiger partial charge in [0.15, 0.2) is 0 Å². The summed E-state index contributed by atoms with van der Waals surface area (Å²) in [6, 6.07) is 10.8. The van der Waals surface area contributed by atoms with Crippen LogP contribution in [0.4, 0.5) is 10.1 Å². The number of halogens is 2. The lowest BCUT2D eigenvalue weighted by Gasteiger charge is -2.06. The highest BCUT2D eigenvalue weighted by molar-refractivity contribution is 9.10. The maximum Gasteiger partial charge on any atom is 0.228 e. The number of carbonyl (C=O) groups is 1. The normalized spacial score (nSPS) is 10.2. The van der Waals surface area contributed by atoms with Crippen LogP contribution < -0.4 is 5.32 Å². The van der Waals surface area contributed by atoms with E-state index in [9.17, 15) is 14.3 Å². The molecule has 0 saturated heterocycles. The maximum atomic E-state index is 13.3. The second-order valence-corrected chi connectivity index (χ2v) is 4.88. The second kappa shape index (κ2) is 5.84. The van der Waals surface area contributed by atoms with Crippen LogP contribution in [0.3, 0.4) is 0 Å². The highest BCUT2D eigenvalue weighted by Crippen LogP contribution is 2.19. The Labute approximate surface area is 118 Å². The number of amides is 1. The third-order valence-electron chi connectivity index (χ3n) is 2.48. The van der Waals surface area contributed by atoms with Crippen LogP contribution in [0.25, 0.3) is 0 Å². The van der Waals surface area contributed by atoms with Gasteiger partial charge in [-0.1, -0.05) is 12.1 Å². The first kappa shape index (κ1) is 13.5. The first-order valence-electron chi connectivity index (χ1n) is 5.57.